The van der Waals surface area contributed by atoms with Crippen molar-refractivity contribution in [1.29, 1.82) is 15.9 Å². The lowest BCUT2D eigenvalue weighted by molar-refractivity contribution is -0.118. The molecule has 2 unspecified atom stereocenters. The quantitative estimate of drug-likeness (QED) is 0.498. The molecular formula is C30H32N4O4S. The van der Waals surface area contributed by atoms with Crippen molar-refractivity contribution in [2.75, 3.05) is 26.2 Å². The number of Topliss-reactive ketones (excluding diaryl/α,β-unsaturated/α-hetero) is 1. The summed E-state index contributed by atoms with van der Waals surface area (Å²) in [5.74, 6) is -0.360. The van der Waals surface area contributed by atoms with E-state index in [2.05, 4.69) is 12.1 Å². The standard InChI is InChI=1S/C30H32N4O4S/c1-30(2)12-20-26(21(35)13-30)25(16-10-22(36-3)27(38-5)23(11-16)37-4)19(15-32)28(33)34(20)29-18(14-31)17-8-6-7-9-24(17)39-29/h10-11,19,25,33H,6-9,12-13H2,1-5H3. The maximum Gasteiger partial charge on any atom is 0.203 e. The monoisotopic (exact) mass is 544 g/mol. The van der Waals surface area contributed by atoms with Crippen molar-refractivity contribution in [3.63, 3.8) is 0 Å². The Labute approximate surface area is 232 Å². The second-order valence-electron chi connectivity index (χ2n) is 11.1. The fraction of sp³-hybridized carbons (Fsp3) is 0.467. The predicted octanol–water partition coefficient (Wildman–Crippen LogP) is 5.89. The zero-order valence-corrected chi connectivity index (χ0v) is 23.8. The van der Waals surface area contributed by atoms with Crippen LogP contribution in [0.3, 0.4) is 0 Å². The topological polar surface area (TPSA) is 119 Å². The summed E-state index contributed by atoms with van der Waals surface area (Å²) in [6, 6.07) is 8.27. The number of aryl methyl sites for hydroxylation is 1. The number of thiophene rings is 1. The van der Waals surface area contributed by atoms with E-state index in [9.17, 15) is 20.7 Å². The number of carbonyl (C=O) groups excluding carboxylic acids is 1. The summed E-state index contributed by atoms with van der Waals surface area (Å²) in [6.07, 6.45) is 4.71. The highest BCUT2D eigenvalue weighted by Crippen LogP contribution is 2.54. The third kappa shape index (κ3) is 4.26. The predicted molar refractivity (Wildman–Crippen MR) is 149 cm³/mol. The van der Waals surface area contributed by atoms with Gasteiger partial charge in [0.2, 0.25) is 5.75 Å². The van der Waals surface area contributed by atoms with Crippen molar-refractivity contribution in [3.8, 4) is 29.4 Å². The molecule has 1 aliphatic heterocycles. The lowest BCUT2D eigenvalue weighted by Gasteiger charge is -2.45. The van der Waals surface area contributed by atoms with Gasteiger partial charge in [-0.05, 0) is 60.8 Å². The Kier molecular flexibility index (Phi) is 6.90. The van der Waals surface area contributed by atoms with Crippen molar-refractivity contribution in [1.82, 2.24) is 0 Å². The summed E-state index contributed by atoms with van der Waals surface area (Å²) in [6.45, 7) is 4.10. The van der Waals surface area contributed by atoms with Crippen LogP contribution in [0.5, 0.6) is 17.2 Å². The molecule has 2 heterocycles. The molecule has 0 spiro atoms. The van der Waals surface area contributed by atoms with E-state index >= 15 is 0 Å². The number of hydrogen-bond donors (Lipinski definition) is 1. The number of nitriles is 2. The number of ether oxygens (including phenoxy) is 3. The first-order chi connectivity index (χ1) is 18.7. The molecule has 0 bridgehead atoms. The first-order valence-corrected chi connectivity index (χ1v) is 13.9. The molecule has 0 saturated carbocycles. The number of amidine groups is 1. The van der Waals surface area contributed by atoms with E-state index in [0.29, 0.717) is 57.5 Å². The van der Waals surface area contributed by atoms with Crippen LogP contribution < -0.4 is 19.1 Å². The fourth-order valence-corrected chi connectivity index (χ4v) is 7.67. The van der Waals surface area contributed by atoms with Crippen LogP contribution in [-0.4, -0.2) is 32.9 Å². The lowest BCUT2D eigenvalue weighted by Crippen LogP contribution is -2.48. The van der Waals surface area contributed by atoms with E-state index in [0.717, 1.165) is 31.2 Å². The second kappa shape index (κ2) is 10.1. The van der Waals surface area contributed by atoms with Gasteiger partial charge in [-0.2, -0.15) is 10.5 Å². The average Bonchev–Trinajstić information content (AvgIpc) is 3.28. The summed E-state index contributed by atoms with van der Waals surface area (Å²) in [5.41, 5.74) is 3.18. The molecule has 3 aliphatic rings. The number of nitrogens with one attached hydrogen (secondary N) is 1. The summed E-state index contributed by atoms with van der Waals surface area (Å²) in [4.78, 5) is 16.9. The summed E-state index contributed by atoms with van der Waals surface area (Å²) < 4.78 is 16.7. The van der Waals surface area contributed by atoms with Gasteiger partial charge in [-0.1, -0.05) is 13.8 Å². The Morgan fingerprint density at radius 1 is 1.05 bits per heavy atom. The number of nitrogens with zero attached hydrogens (tertiary/aromatic N) is 3. The molecule has 0 saturated heterocycles. The van der Waals surface area contributed by atoms with Gasteiger partial charge in [0.1, 0.15) is 22.8 Å². The van der Waals surface area contributed by atoms with Crippen LogP contribution in [0.2, 0.25) is 0 Å². The van der Waals surface area contributed by atoms with Gasteiger partial charge in [0.05, 0.1) is 33.0 Å². The van der Waals surface area contributed by atoms with Crippen molar-refractivity contribution in [2.24, 2.45) is 11.3 Å². The fourth-order valence-electron chi connectivity index (χ4n) is 6.30. The average molecular weight is 545 g/mol. The maximum absolute atomic E-state index is 13.9. The summed E-state index contributed by atoms with van der Waals surface area (Å²) in [7, 11) is 4.57. The highest BCUT2D eigenvalue weighted by molar-refractivity contribution is 7.16. The van der Waals surface area contributed by atoms with Crippen molar-refractivity contribution in [3.05, 3.63) is 45.0 Å². The molecule has 2 aromatic rings. The zero-order valence-electron chi connectivity index (χ0n) is 22.9. The molecule has 0 amide bonds. The highest BCUT2D eigenvalue weighted by atomic mass is 32.1. The van der Waals surface area contributed by atoms with Crippen LogP contribution in [0.15, 0.2) is 23.4 Å². The van der Waals surface area contributed by atoms with Gasteiger partial charge in [-0.15, -0.1) is 11.3 Å². The van der Waals surface area contributed by atoms with Crippen LogP contribution in [0.1, 0.15) is 67.0 Å². The minimum Gasteiger partial charge on any atom is -0.493 e. The molecule has 1 aromatic carbocycles. The van der Waals surface area contributed by atoms with Gasteiger partial charge in [-0.25, -0.2) is 0 Å². The third-order valence-corrected chi connectivity index (χ3v) is 9.28. The number of anilines is 1. The molecule has 5 rings (SSSR count). The number of fused-ring (bicyclic) bond motifs is 1. The summed E-state index contributed by atoms with van der Waals surface area (Å²) in [5, 5.41) is 30.7. The minimum atomic E-state index is -0.956. The van der Waals surface area contributed by atoms with E-state index in [1.165, 1.54) is 37.5 Å². The Hall–Kier alpha value is -3.82. The smallest absolute Gasteiger partial charge is 0.203 e. The van der Waals surface area contributed by atoms with Crippen molar-refractivity contribution in [2.45, 2.75) is 58.3 Å². The Bertz CT molecular complexity index is 1460. The lowest BCUT2D eigenvalue weighted by atomic mass is 9.66. The zero-order chi connectivity index (χ0) is 28.1. The highest BCUT2D eigenvalue weighted by Gasteiger charge is 2.49. The van der Waals surface area contributed by atoms with Crippen molar-refractivity contribution < 1.29 is 19.0 Å². The molecule has 8 nitrogen and oxygen atoms in total. The van der Waals surface area contributed by atoms with Gasteiger partial charge >= 0.3 is 0 Å². The second-order valence-corrected chi connectivity index (χ2v) is 12.2. The van der Waals surface area contributed by atoms with Gasteiger partial charge in [0.25, 0.3) is 0 Å². The number of allylic oxidation sites excluding steroid dienone is 2. The number of hydrogen-bond acceptors (Lipinski definition) is 8. The third-order valence-electron chi connectivity index (χ3n) is 8.00. The molecule has 2 atom stereocenters. The minimum absolute atomic E-state index is 0.0439. The number of methoxy groups -OCH3 is 3. The first kappa shape index (κ1) is 26.8. The number of ketones is 1. The molecule has 1 N–H and O–H groups in total. The van der Waals surface area contributed by atoms with Crippen LogP contribution >= 0.6 is 11.3 Å². The number of benzene rings is 1. The molecule has 0 radical (unpaired) electrons. The molecule has 9 heteroatoms. The largest absolute Gasteiger partial charge is 0.493 e. The molecule has 1 aromatic heterocycles. The van der Waals surface area contributed by atoms with E-state index in [1.807, 2.05) is 13.8 Å². The molecule has 0 fully saturated rings. The number of rotatable bonds is 5. The van der Waals surface area contributed by atoms with Crippen molar-refractivity contribution >= 4 is 28.0 Å². The van der Waals surface area contributed by atoms with Crippen LogP contribution in [0.4, 0.5) is 5.00 Å². The molecule has 2 aliphatic carbocycles. The van der Waals surface area contributed by atoms with Gasteiger partial charge < -0.3 is 14.2 Å². The van der Waals surface area contributed by atoms with Gasteiger partial charge in [0, 0.05) is 28.5 Å². The molecule has 39 heavy (non-hydrogen) atoms. The van der Waals surface area contributed by atoms with E-state index < -0.39 is 11.8 Å². The SMILES string of the molecule is COc1cc(C2C3=C(CC(C)(C)CC3=O)N(c3sc4c(c3C#N)CCCC4)C(=N)C2C#N)cc(OC)c1OC. The van der Waals surface area contributed by atoms with Crippen LogP contribution in [0, 0.1) is 39.4 Å². The van der Waals surface area contributed by atoms with E-state index in [4.69, 9.17) is 14.2 Å². The van der Waals surface area contributed by atoms with Crippen LogP contribution in [-0.2, 0) is 17.6 Å². The molecule has 202 valence electrons. The molecular weight excluding hydrogens is 512 g/mol. The maximum atomic E-state index is 13.9. The van der Waals surface area contributed by atoms with Crippen LogP contribution in [0.25, 0.3) is 0 Å². The Balaban J connectivity index is 1.79. The first-order valence-electron chi connectivity index (χ1n) is 13.1. The summed E-state index contributed by atoms with van der Waals surface area (Å²) >= 11 is 1.53. The van der Waals surface area contributed by atoms with Gasteiger partial charge in [-0.3, -0.25) is 15.1 Å². The number of carbonyl (C=O) groups is 1. The van der Waals surface area contributed by atoms with Gasteiger partial charge in [0.15, 0.2) is 17.3 Å². The normalized spacial score (nSPS) is 22.0. The Morgan fingerprint density at radius 3 is 2.31 bits per heavy atom. The van der Waals surface area contributed by atoms with E-state index in [1.54, 1.807) is 17.0 Å². The Morgan fingerprint density at radius 2 is 1.72 bits per heavy atom. The van der Waals surface area contributed by atoms with E-state index in [-0.39, 0.29) is 17.0 Å².